The first-order valence-corrected chi connectivity index (χ1v) is 24.4. The Labute approximate surface area is 384 Å². The summed E-state index contributed by atoms with van der Waals surface area (Å²) in [4.78, 5) is 35.0. The van der Waals surface area contributed by atoms with E-state index in [9.17, 15) is 9.59 Å². The molecule has 11 heteroatoms. The lowest BCUT2D eigenvalue weighted by atomic mass is 9.95. The average molecular weight is 926 g/mol. The number of likely N-dealkylation sites (tertiary alicyclic amines) is 1. The zero-order valence-corrected chi connectivity index (χ0v) is 39.2. The lowest BCUT2D eigenvalue weighted by Crippen LogP contribution is -2.34. The number of fused-ring (bicyclic) bond motifs is 2. The molecule has 63 heavy (non-hydrogen) atoms. The van der Waals surface area contributed by atoms with E-state index in [1.807, 2.05) is 60.7 Å². The fourth-order valence-corrected chi connectivity index (χ4v) is 9.34. The molecule has 340 valence electrons. The number of nitrogens with one attached hydrogen (secondary N) is 1. The molecule has 2 aliphatic heterocycles. The van der Waals surface area contributed by atoms with Crippen LogP contribution in [-0.2, 0) is 67.1 Å². The standard InChI is InChI=1S/C26H34N2O3.C17H26N2O.C9H9BrO2/c1-30-26(29)25(21-10-3-2-4-11-21)28-17-16-23(19-28)31-18-8-7-12-22-15-14-20-9-5-6-13-24(20)27-22;1-2-7-17-14(5-1)8-9-15(19-17)6-3-4-12-20-16-10-11-18-13-16;1-12-9(11)8(10)7-5-3-2-4-6-7/h2-4,10-11,14-15,23,25H,5-9,12-13,16-19H2,1H3;8-9,16,18H,1-7,10-13H2;2-6,8H,1H3/t23-,25?;16-;/m11./s1. The maximum atomic E-state index is 12.4. The molecular formula is C52H69BrN4O6. The van der Waals surface area contributed by atoms with Crippen molar-refractivity contribution in [2.75, 3.05) is 53.6 Å². The van der Waals surface area contributed by atoms with E-state index in [0.717, 1.165) is 95.5 Å². The molecule has 2 saturated heterocycles. The number of esters is 2. The molecular weight excluding hydrogens is 856 g/mol. The molecule has 0 radical (unpaired) electrons. The summed E-state index contributed by atoms with van der Waals surface area (Å²) in [6, 6.07) is 28.0. The normalized spacial score (nSPS) is 19.0. The van der Waals surface area contributed by atoms with Gasteiger partial charge in [0.1, 0.15) is 10.9 Å². The average Bonchev–Trinajstić information content (AvgIpc) is 4.05. The third-order valence-corrected chi connectivity index (χ3v) is 13.3. The Morgan fingerprint density at radius 3 is 1.75 bits per heavy atom. The topological polar surface area (TPSA) is 112 Å². The van der Waals surface area contributed by atoms with Gasteiger partial charge in [-0.2, -0.15) is 0 Å². The van der Waals surface area contributed by atoms with Crippen LogP contribution in [0.4, 0.5) is 0 Å². The quantitative estimate of drug-likeness (QED) is 0.0625. The molecule has 0 spiro atoms. The van der Waals surface area contributed by atoms with E-state index in [0.29, 0.717) is 6.10 Å². The summed E-state index contributed by atoms with van der Waals surface area (Å²) in [5.74, 6) is -0.481. The van der Waals surface area contributed by atoms with Crippen LogP contribution in [0.25, 0.3) is 0 Å². The Bertz CT molecular complexity index is 1960. The molecule has 8 rings (SSSR count). The van der Waals surface area contributed by atoms with Crippen LogP contribution in [0, 0.1) is 0 Å². The van der Waals surface area contributed by atoms with Crippen molar-refractivity contribution in [3.63, 3.8) is 0 Å². The number of nitrogens with zero attached hydrogens (tertiary/aromatic N) is 3. The fraction of sp³-hybridized carbons (Fsp3) is 0.538. The van der Waals surface area contributed by atoms with Crippen LogP contribution in [0.2, 0.25) is 0 Å². The van der Waals surface area contributed by atoms with Crippen molar-refractivity contribution in [3.05, 3.63) is 130 Å². The summed E-state index contributed by atoms with van der Waals surface area (Å²) >= 11 is 3.24. The predicted molar refractivity (Wildman–Crippen MR) is 252 cm³/mol. The fourth-order valence-electron chi connectivity index (χ4n) is 8.85. The number of hydrogen-bond donors (Lipinski definition) is 1. The van der Waals surface area contributed by atoms with Gasteiger partial charge in [0, 0.05) is 55.6 Å². The maximum absolute atomic E-state index is 12.4. The molecule has 0 bridgehead atoms. The second kappa shape index (κ2) is 26.7. The number of benzene rings is 2. The Kier molecular flexibility index (Phi) is 20.5. The molecule has 2 aromatic carbocycles. The predicted octanol–water partition coefficient (Wildman–Crippen LogP) is 9.25. The summed E-state index contributed by atoms with van der Waals surface area (Å²) in [7, 11) is 2.83. The molecule has 2 fully saturated rings. The van der Waals surface area contributed by atoms with Crippen molar-refractivity contribution >= 4 is 27.9 Å². The zero-order chi connectivity index (χ0) is 44.1. The van der Waals surface area contributed by atoms with Gasteiger partial charge < -0.3 is 24.3 Å². The number of methoxy groups -OCH3 is 2. The minimum Gasteiger partial charge on any atom is -0.468 e. The number of alkyl halides is 1. The third-order valence-electron chi connectivity index (χ3n) is 12.4. The monoisotopic (exact) mass is 924 g/mol. The molecule has 10 nitrogen and oxygen atoms in total. The van der Waals surface area contributed by atoms with Gasteiger partial charge in [0.25, 0.3) is 0 Å². The largest absolute Gasteiger partial charge is 0.468 e. The number of rotatable bonds is 17. The lowest BCUT2D eigenvalue weighted by molar-refractivity contribution is -0.147. The number of unbranched alkanes of at least 4 members (excludes halogenated alkanes) is 2. The van der Waals surface area contributed by atoms with Crippen LogP contribution < -0.4 is 5.32 Å². The third kappa shape index (κ3) is 15.6. The van der Waals surface area contributed by atoms with Crippen molar-refractivity contribution < 1.29 is 28.5 Å². The van der Waals surface area contributed by atoms with Crippen LogP contribution in [0.5, 0.6) is 0 Å². The Morgan fingerprint density at radius 1 is 0.667 bits per heavy atom. The Hall–Kier alpha value is -4.00. The first-order chi connectivity index (χ1) is 30.9. The first-order valence-electron chi connectivity index (χ1n) is 23.4. The van der Waals surface area contributed by atoms with Crippen LogP contribution in [-0.4, -0.2) is 92.6 Å². The van der Waals surface area contributed by atoms with E-state index in [4.69, 9.17) is 24.2 Å². The first kappa shape index (κ1) is 48.5. The van der Waals surface area contributed by atoms with Gasteiger partial charge in [-0.05, 0) is 144 Å². The summed E-state index contributed by atoms with van der Waals surface area (Å²) in [6.07, 6.45) is 19.3. The summed E-state index contributed by atoms with van der Waals surface area (Å²) in [6.45, 7) is 5.42. The molecule has 0 saturated carbocycles. The molecule has 2 unspecified atom stereocenters. The molecule has 4 atom stereocenters. The van der Waals surface area contributed by atoms with Gasteiger partial charge in [0.2, 0.25) is 0 Å². The smallest absolute Gasteiger partial charge is 0.327 e. The number of carbonyl (C=O) groups is 2. The van der Waals surface area contributed by atoms with Gasteiger partial charge in [-0.15, -0.1) is 0 Å². The van der Waals surface area contributed by atoms with Crippen molar-refractivity contribution in [3.8, 4) is 0 Å². The Balaban J connectivity index is 0.000000176. The number of ether oxygens (including phenoxy) is 4. The van der Waals surface area contributed by atoms with Crippen molar-refractivity contribution in [2.24, 2.45) is 0 Å². The van der Waals surface area contributed by atoms with E-state index in [1.165, 1.54) is 106 Å². The van der Waals surface area contributed by atoms with E-state index in [-0.39, 0.29) is 28.9 Å². The van der Waals surface area contributed by atoms with Gasteiger partial charge >= 0.3 is 11.9 Å². The van der Waals surface area contributed by atoms with Crippen molar-refractivity contribution in [2.45, 2.75) is 126 Å². The molecule has 4 aromatic rings. The highest BCUT2D eigenvalue weighted by molar-refractivity contribution is 9.09. The molecule has 4 aliphatic rings. The maximum Gasteiger partial charge on any atom is 0.327 e. The molecule has 0 amide bonds. The number of aryl methyl sites for hydroxylation is 6. The molecule has 2 aromatic heterocycles. The number of pyridine rings is 2. The highest BCUT2D eigenvalue weighted by Crippen LogP contribution is 2.28. The van der Waals surface area contributed by atoms with E-state index in [2.05, 4.69) is 55.1 Å². The number of hydrogen-bond acceptors (Lipinski definition) is 10. The van der Waals surface area contributed by atoms with E-state index < -0.39 is 0 Å². The van der Waals surface area contributed by atoms with Gasteiger partial charge in [-0.3, -0.25) is 19.7 Å². The van der Waals surface area contributed by atoms with Crippen molar-refractivity contribution in [1.29, 1.82) is 0 Å². The van der Waals surface area contributed by atoms with Crippen LogP contribution in [0.1, 0.15) is 120 Å². The minimum atomic E-state index is -0.358. The van der Waals surface area contributed by atoms with Gasteiger partial charge in [-0.1, -0.05) is 88.7 Å². The second-order valence-electron chi connectivity index (χ2n) is 17.0. The summed E-state index contributed by atoms with van der Waals surface area (Å²) in [5.41, 5.74) is 10.00. The van der Waals surface area contributed by atoms with Gasteiger partial charge in [0.15, 0.2) is 0 Å². The van der Waals surface area contributed by atoms with Crippen LogP contribution in [0.15, 0.2) is 84.9 Å². The molecule has 4 heterocycles. The van der Waals surface area contributed by atoms with Crippen molar-refractivity contribution in [1.82, 2.24) is 20.2 Å². The number of carbonyl (C=O) groups excluding carboxylic acids is 2. The van der Waals surface area contributed by atoms with Crippen LogP contribution in [0.3, 0.4) is 0 Å². The number of halogens is 1. The number of aromatic nitrogens is 2. The van der Waals surface area contributed by atoms with E-state index in [1.54, 1.807) is 0 Å². The molecule has 1 N–H and O–H groups in total. The highest BCUT2D eigenvalue weighted by atomic mass is 79.9. The summed E-state index contributed by atoms with van der Waals surface area (Å²) in [5, 5.41) is 3.33. The SMILES string of the molecule is COC(=O)C(Br)c1ccccc1.COC(=O)C(c1ccccc1)N1CC[C@@H](OCCCCc2ccc3c(n2)CCCC3)C1.c1cc2c(nc1CCCCO[C@@H]1CCNC1)CCCC2. The van der Waals surface area contributed by atoms with E-state index >= 15 is 0 Å². The second-order valence-corrected chi connectivity index (χ2v) is 18.0. The minimum absolute atomic E-state index is 0.178. The Morgan fingerprint density at radius 2 is 1.21 bits per heavy atom. The van der Waals surface area contributed by atoms with Gasteiger partial charge in [0.05, 0.1) is 26.4 Å². The summed E-state index contributed by atoms with van der Waals surface area (Å²) < 4.78 is 21.7. The van der Waals surface area contributed by atoms with Gasteiger partial charge in [-0.25, -0.2) is 4.79 Å². The highest BCUT2D eigenvalue weighted by Gasteiger charge is 2.34. The molecule has 2 aliphatic carbocycles. The van der Waals surface area contributed by atoms with Crippen LogP contribution >= 0.6 is 15.9 Å². The lowest BCUT2D eigenvalue weighted by Gasteiger charge is -2.25. The zero-order valence-electron chi connectivity index (χ0n) is 37.6.